The number of benzene rings is 2. The summed E-state index contributed by atoms with van der Waals surface area (Å²) in [6, 6.07) is 14.8. The van der Waals surface area contributed by atoms with Crippen LogP contribution in [0.4, 0.5) is 11.4 Å². The Labute approximate surface area is 119 Å². The first-order chi connectivity index (χ1) is 9.49. The van der Waals surface area contributed by atoms with Gasteiger partial charge in [0, 0.05) is 24.0 Å². The van der Waals surface area contributed by atoms with Crippen molar-refractivity contribution in [2.24, 2.45) is 0 Å². The molecular formula is C16H19N3O. The molecule has 0 radical (unpaired) electrons. The van der Waals surface area contributed by atoms with E-state index >= 15 is 0 Å². The molecule has 20 heavy (non-hydrogen) atoms. The first-order valence-electron chi connectivity index (χ1n) is 6.47. The summed E-state index contributed by atoms with van der Waals surface area (Å²) < 4.78 is 0. The van der Waals surface area contributed by atoms with E-state index in [1.54, 1.807) is 30.1 Å². The number of nitrogens with two attached hydrogens (primary N) is 2. The number of carbonyl (C=O) groups is 1. The number of nitrogens with zero attached hydrogens (tertiary/aromatic N) is 1. The van der Waals surface area contributed by atoms with Gasteiger partial charge < -0.3 is 16.4 Å². The molecule has 0 spiro atoms. The maximum absolute atomic E-state index is 12.5. The summed E-state index contributed by atoms with van der Waals surface area (Å²) in [5, 5.41) is 0. The number of hydrogen-bond donors (Lipinski definition) is 2. The molecule has 0 bridgehead atoms. The Hall–Kier alpha value is -2.49. The largest absolute Gasteiger partial charge is 0.399 e. The number of rotatable bonds is 3. The summed E-state index contributed by atoms with van der Waals surface area (Å²) in [7, 11) is 1.78. The summed E-state index contributed by atoms with van der Waals surface area (Å²) in [5.74, 6) is -0.0969. The van der Waals surface area contributed by atoms with E-state index < -0.39 is 0 Å². The van der Waals surface area contributed by atoms with Crippen LogP contribution < -0.4 is 11.5 Å². The molecule has 0 aliphatic heterocycles. The maximum Gasteiger partial charge on any atom is 0.254 e. The van der Waals surface area contributed by atoms with Crippen LogP contribution in [0.3, 0.4) is 0 Å². The molecular weight excluding hydrogens is 250 g/mol. The van der Waals surface area contributed by atoms with Gasteiger partial charge in [0.2, 0.25) is 0 Å². The van der Waals surface area contributed by atoms with Crippen molar-refractivity contribution in [2.75, 3.05) is 18.5 Å². The van der Waals surface area contributed by atoms with E-state index in [1.807, 2.05) is 37.3 Å². The van der Waals surface area contributed by atoms with Crippen molar-refractivity contribution in [1.29, 1.82) is 0 Å². The van der Waals surface area contributed by atoms with Crippen LogP contribution in [0.15, 0.2) is 48.5 Å². The second kappa shape index (κ2) is 5.65. The van der Waals surface area contributed by atoms with Crippen LogP contribution in [-0.4, -0.2) is 17.9 Å². The van der Waals surface area contributed by atoms with Gasteiger partial charge in [-0.1, -0.05) is 30.3 Å². The fourth-order valence-corrected chi connectivity index (χ4v) is 2.13. The molecule has 2 rings (SSSR count). The van der Waals surface area contributed by atoms with Crippen molar-refractivity contribution in [3.05, 3.63) is 59.7 Å². The summed E-state index contributed by atoms with van der Waals surface area (Å²) in [6.45, 7) is 1.99. The van der Waals surface area contributed by atoms with Crippen molar-refractivity contribution < 1.29 is 4.79 Å². The third-order valence-electron chi connectivity index (χ3n) is 3.41. The maximum atomic E-state index is 12.5. The topological polar surface area (TPSA) is 72.3 Å². The monoisotopic (exact) mass is 269 g/mol. The predicted octanol–water partition coefficient (Wildman–Crippen LogP) is 2.68. The molecule has 0 aliphatic rings. The molecule has 4 nitrogen and oxygen atoms in total. The van der Waals surface area contributed by atoms with Crippen molar-refractivity contribution >= 4 is 17.3 Å². The third-order valence-corrected chi connectivity index (χ3v) is 3.41. The number of nitrogen functional groups attached to an aromatic ring is 2. The fraction of sp³-hybridized carbons (Fsp3) is 0.188. The van der Waals surface area contributed by atoms with Crippen molar-refractivity contribution in [1.82, 2.24) is 4.90 Å². The summed E-state index contributed by atoms with van der Waals surface area (Å²) in [4.78, 5) is 14.2. The second-order valence-corrected chi connectivity index (χ2v) is 4.89. The van der Waals surface area contributed by atoms with Crippen LogP contribution in [0.25, 0.3) is 0 Å². The predicted molar refractivity (Wildman–Crippen MR) is 82.2 cm³/mol. The Morgan fingerprint density at radius 2 is 1.60 bits per heavy atom. The van der Waals surface area contributed by atoms with Crippen LogP contribution in [0.2, 0.25) is 0 Å². The minimum atomic E-state index is -0.0969. The molecule has 1 atom stereocenters. The van der Waals surface area contributed by atoms with Gasteiger partial charge in [0.1, 0.15) is 0 Å². The lowest BCUT2D eigenvalue weighted by Crippen LogP contribution is -2.29. The normalized spacial score (nSPS) is 11.9. The van der Waals surface area contributed by atoms with Gasteiger partial charge in [-0.2, -0.15) is 0 Å². The molecule has 1 unspecified atom stereocenters. The highest BCUT2D eigenvalue weighted by Crippen LogP contribution is 2.22. The lowest BCUT2D eigenvalue weighted by Gasteiger charge is -2.25. The van der Waals surface area contributed by atoms with Gasteiger partial charge in [0.15, 0.2) is 0 Å². The first kappa shape index (κ1) is 13.9. The number of hydrogen-bond acceptors (Lipinski definition) is 3. The Morgan fingerprint density at radius 3 is 2.15 bits per heavy atom. The van der Waals surface area contributed by atoms with Crippen molar-refractivity contribution in [3.8, 4) is 0 Å². The Balaban J connectivity index is 2.24. The smallest absolute Gasteiger partial charge is 0.254 e. The fourth-order valence-electron chi connectivity index (χ4n) is 2.13. The Bertz CT molecular complexity index is 590. The first-order valence-corrected chi connectivity index (χ1v) is 6.47. The van der Waals surface area contributed by atoms with Crippen LogP contribution in [0.1, 0.15) is 28.9 Å². The highest BCUT2D eigenvalue weighted by Gasteiger charge is 2.19. The molecule has 0 saturated heterocycles. The molecule has 4 N–H and O–H groups in total. The molecule has 0 heterocycles. The van der Waals surface area contributed by atoms with Gasteiger partial charge in [-0.25, -0.2) is 0 Å². The van der Waals surface area contributed by atoms with E-state index in [9.17, 15) is 4.79 Å². The minimum absolute atomic E-state index is 0.0219. The zero-order valence-electron chi connectivity index (χ0n) is 11.7. The molecule has 0 saturated carbocycles. The van der Waals surface area contributed by atoms with E-state index in [0.717, 1.165) is 5.56 Å². The molecule has 104 valence electrons. The molecule has 1 amide bonds. The summed E-state index contributed by atoms with van der Waals surface area (Å²) in [5.41, 5.74) is 14.0. The molecule has 4 heteroatoms. The Kier molecular flexibility index (Phi) is 3.94. The van der Waals surface area contributed by atoms with Crippen molar-refractivity contribution in [3.63, 3.8) is 0 Å². The number of anilines is 2. The zero-order valence-corrected chi connectivity index (χ0v) is 11.7. The molecule has 0 aliphatic carbocycles. The lowest BCUT2D eigenvalue weighted by molar-refractivity contribution is 0.0742. The average Bonchev–Trinajstić information content (AvgIpc) is 2.45. The SMILES string of the molecule is CC(c1ccccc1)N(C)C(=O)c1cc(N)cc(N)c1. The quantitative estimate of drug-likeness (QED) is 0.841. The van der Waals surface area contributed by atoms with E-state index in [0.29, 0.717) is 16.9 Å². The van der Waals surface area contributed by atoms with Crippen LogP contribution in [0, 0.1) is 0 Å². The second-order valence-electron chi connectivity index (χ2n) is 4.89. The van der Waals surface area contributed by atoms with Crippen LogP contribution >= 0.6 is 0 Å². The highest BCUT2D eigenvalue weighted by atomic mass is 16.2. The molecule has 2 aromatic carbocycles. The number of amides is 1. The average molecular weight is 269 g/mol. The third kappa shape index (κ3) is 2.91. The molecule has 0 aromatic heterocycles. The van der Waals surface area contributed by atoms with Gasteiger partial charge in [-0.05, 0) is 30.7 Å². The summed E-state index contributed by atoms with van der Waals surface area (Å²) in [6.07, 6.45) is 0. The van der Waals surface area contributed by atoms with E-state index in [4.69, 9.17) is 11.5 Å². The van der Waals surface area contributed by atoms with Crippen LogP contribution in [-0.2, 0) is 0 Å². The van der Waals surface area contributed by atoms with Crippen molar-refractivity contribution in [2.45, 2.75) is 13.0 Å². The van der Waals surface area contributed by atoms with Crippen LogP contribution in [0.5, 0.6) is 0 Å². The summed E-state index contributed by atoms with van der Waals surface area (Å²) >= 11 is 0. The van der Waals surface area contributed by atoms with Gasteiger partial charge >= 0.3 is 0 Å². The molecule has 0 fully saturated rings. The lowest BCUT2D eigenvalue weighted by atomic mass is 10.1. The van der Waals surface area contributed by atoms with Gasteiger partial charge in [-0.3, -0.25) is 4.79 Å². The van der Waals surface area contributed by atoms with Gasteiger partial charge in [0.05, 0.1) is 6.04 Å². The van der Waals surface area contributed by atoms with Gasteiger partial charge in [-0.15, -0.1) is 0 Å². The van der Waals surface area contributed by atoms with E-state index in [1.165, 1.54) is 0 Å². The minimum Gasteiger partial charge on any atom is -0.399 e. The highest BCUT2D eigenvalue weighted by molar-refractivity contribution is 5.96. The van der Waals surface area contributed by atoms with E-state index in [-0.39, 0.29) is 11.9 Å². The molecule has 2 aromatic rings. The van der Waals surface area contributed by atoms with Gasteiger partial charge in [0.25, 0.3) is 5.91 Å². The standard InChI is InChI=1S/C16H19N3O/c1-11(12-6-4-3-5-7-12)19(2)16(20)13-8-14(17)10-15(18)9-13/h3-11H,17-18H2,1-2H3. The number of carbonyl (C=O) groups excluding carboxylic acids is 1. The zero-order chi connectivity index (χ0) is 14.7. The van der Waals surface area contributed by atoms with E-state index in [2.05, 4.69) is 0 Å². The Morgan fingerprint density at radius 1 is 1.05 bits per heavy atom.